The van der Waals surface area contributed by atoms with Gasteiger partial charge in [-0.15, -0.1) is 0 Å². The number of hydrogen-bond donors (Lipinski definition) is 3. The predicted octanol–water partition coefficient (Wildman–Crippen LogP) is 5.45. The van der Waals surface area contributed by atoms with Gasteiger partial charge in [0.15, 0.2) is 5.11 Å². The van der Waals surface area contributed by atoms with Gasteiger partial charge in [-0.3, -0.25) is 10.1 Å². The molecule has 0 radical (unpaired) electrons. The van der Waals surface area contributed by atoms with Gasteiger partial charge in [0.25, 0.3) is 0 Å². The van der Waals surface area contributed by atoms with Gasteiger partial charge in [0.2, 0.25) is 5.91 Å². The highest BCUT2D eigenvalue weighted by Gasteiger charge is 2.07. The van der Waals surface area contributed by atoms with E-state index >= 15 is 0 Å². The average Bonchev–Trinajstić information content (AvgIpc) is 3.14. The molecule has 0 saturated carbocycles. The maximum absolute atomic E-state index is 12.1. The van der Waals surface area contributed by atoms with Crippen molar-refractivity contribution in [2.24, 2.45) is 0 Å². The number of halogens is 1. The summed E-state index contributed by atoms with van der Waals surface area (Å²) >= 11 is 11.3. The fourth-order valence-electron chi connectivity index (χ4n) is 2.56. The van der Waals surface area contributed by atoms with Crippen molar-refractivity contribution in [3.05, 3.63) is 76.5 Å². The highest BCUT2D eigenvalue weighted by Crippen LogP contribution is 2.27. The quantitative estimate of drug-likeness (QED) is 0.294. The number of aromatic hydroxyl groups is 1. The Morgan fingerprint density at radius 1 is 1.14 bits per heavy atom. The van der Waals surface area contributed by atoms with Crippen LogP contribution in [-0.4, -0.2) is 16.1 Å². The van der Waals surface area contributed by atoms with Crippen LogP contribution in [0.4, 0.5) is 5.69 Å². The van der Waals surface area contributed by atoms with Gasteiger partial charge in [-0.05, 0) is 73.6 Å². The van der Waals surface area contributed by atoms with E-state index in [1.165, 1.54) is 6.08 Å². The second-order valence-corrected chi connectivity index (χ2v) is 7.28. The Bertz CT molecular complexity index is 1110. The second kappa shape index (κ2) is 8.94. The normalized spacial score (nSPS) is 10.9. The van der Waals surface area contributed by atoms with Gasteiger partial charge in [-0.1, -0.05) is 29.8 Å². The zero-order valence-electron chi connectivity index (χ0n) is 15.8. The van der Waals surface area contributed by atoms with Crippen LogP contribution in [0.15, 0.2) is 59.0 Å². The van der Waals surface area contributed by atoms with E-state index in [0.29, 0.717) is 22.2 Å². The number of thiocarbonyl (C=S) groups is 1. The number of benzene rings is 2. The van der Waals surface area contributed by atoms with E-state index in [9.17, 15) is 9.90 Å². The first kappa shape index (κ1) is 20.6. The molecule has 0 fully saturated rings. The van der Waals surface area contributed by atoms with Crippen LogP contribution in [0.25, 0.3) is 17.4 Å². The molecule has 0 atom stereocenters. The molecular formula is C22H19ClN2O3S. The summed E-state index contributed by atoms with van der Waals surface area (Å²) in [5.74, 6) is 0.794. The molecule has 3 rings (SSSR count). The smallest absolute Gasteiger partial charge is 0.250 e. The minimum atomic E-state index is -0.426. The van der Waals surface area contributed by atoms with Crippen molar-refractivity contribution < 1.29 is 14.3 Å². The van der Waals surface area contributed by atoms with Crippen molar-refractivity contribution in [1.29, 1.82) is 0 Å². The van der Waals surface area contributed by atoms with Crippen LogP contribution in [0.5, 0.6) is 5.75 Å². The Hall–Kier alpha value is -3.09. The van der Waals surface area contributed by atoms with Crippen LogP contribution in [0.3, 0.4) is 0 Å². The van der Waals surface area contributed by atoms with Crippen molar-refractivity contribution in [3.8, 4) is 17.1 Å². The standard InChI is InChI=1S/C22H19ClN2O3S/c1-13-3-8-18(19(26)11-13)24-22(29)25-21(27)10-7-16-6-9-20(28-16)15-5-4-14(2)17(23)12-15/h3-12,26H,1-2H3,(H2,24,25,27,29). The minimum Gasteiger partial charge on any atom is -0.506 e. The summed E-state index contributed by atoms with van der Waals surface area (Å²) < 4.78 is 5.74. The molecule has 148 valence electrons. The third-order valence-electron chi connectivity index (χ3n) is 4.12. The van der Waals surface area contributed by atoms with Gasteiger partial charge in [0, 0.05) is 16.7 Å². The lowest BCUT2D eigenvalue weighted by Gasteiger charge is -2.10. The number of phenols is 1. The Kier molecular flexibility index (Phi) is 6.36. The average molecular weight is 427 g/mol. The summed E-state index contributed by atoms with van der Waals surface area (Å²) in [4.78, 5) is 12.1. The molecule has 29 heavy (non-hydrogen) atoms. The number of nitrogens with one attached hydrogen (secondary N) is 2. The molecule has 2 aromatic carbocycles. The van der Waals surface area contributed by atoms with Gasteiger partial charge in [-0.25, -0.2) is 0 Å². The number of hydrogen-bond acceptors (Lipinski definition) is 4. The summed E-state index contributed by atoms with van der Waals surface area (Å²) in [6, 6.07) is 14.3. The summed E-state index contributed by atoms with van der Waals surface area (Å²) in [7, 11) is 0. The number of furan rings is 1. The molecule has 0 bridgehead atoms. The molecule has 3 N–H and O–H groups in total. The van der Waals surface area contributed by atoms with E-state index in [1.54, 1.807) is 24.3 Å². The number of rotatable bonds is 4. The van der Waals surface area contributed by atoms with Crippen molar-refractivity contribution in [1.82, 2.24) is 5.32 Å². The molecule has 7 heteroatoms. The first-order valence-electron chi connectivity index (χ1n) is 8.78. The van der Waals surface area contributed by atoms with Crippen LogP contribution >= 0.6 is 23.8 Å². The van der Waals surface area contributed by atoms with E-state index in [0.717, 1.165) is 16.7 Å². The van der Waals surface area contributed by atoms with Crippen LogP contribution in [0.2, 0.25) is 5.02 Å². The lowest BCUT2D eigenvalue weighted by molar-refractivity contribution is -0.115. The van der Waals surface area contributed by atoms with E-state index in [4.69, 9.17) is 28.2 Å². The van der Waals surface area contributed by atoms with Crippen LogP contribution in [0.1, 0.15) is 16.9 Å². The predicted molar refractivity (Wildman–Crippen MR) is 120 cm³/mol. The lowest BCUT2D eigenvalue weighted by Crippen LogP contribution is -2.32. The molecule has 0 saturated heterocycles. The third-order valence-corrected chi connectivity index (χ3v) is 4.73. The van der Waals surface area contributed by atoms with E-state index in [-0.39, 0.29) is 10.9 Å². The largest absolute Gasteiger partial charge is 0.506 e. The summed E-state index contributed by atoms with van der Waals surface area (Å²) in [6.45, 7) is 3.79. The fraction of sp³-hybridized carbons (Fsp3) is 0.0909. The molecule has 0 aliphatic rings. The van der Waals surface area contributed by atoms with Crippen LogP contribution in [0, 0.1) is 13.8 Å². The summed E-state index contributed by atoms with van der Waals surface area (Å²) in [5.41, 5.74) is 3.17. The molecule has 1 amide bonds. The maximum Gasteiger partial charge on any atom is 0.250 e. The molecule has 1 heterocycles. The van der Waals surface area contributed by atoms with Gasteiger partial charge >= 0.3 is 0 Å². The van der Waals surface area contributed by atoms with Crippen LogP contribution < -0.4 is 10.6 Å². The number of phenolic OH excluding ortho intramolecular Hbond substituents is 1. The summed E-state index contributed by atoms with van der Waals surface area (Å²) in [5, 5.41) is 15.9. The van der Waals surface area contributed by atoms with E-state index in [2.05, 4.69) is 10.6 Å². The molecule has 0 unspecified atom stereocenters. The second-order valence-electron chi connectivity index (χ2n) is 6.46. The van der Waals surface area contributed by atoms with Gasteiger partial charge in [0.1, 0.15) is 17.3 Å². The number of aryl methyl sites for hydroxylation is 2. The molecule has 5 nitrogen and oxygen atoms in total. The van der Waals surface area contributed by atoms with Crippen molar-refractivity contribution in [3.63, 3.8) is 0 Å². The first-order chi connectivity index (χ1) is 13.8. The maximum atomic E-state index is 12.1. The summed E-state index contributed by atoms with van der Waals surface area (Å²) in [6.07, 6.45) is 2.86. The topological polar surface area (TPSA) is 74.5 Å². The SMILES string of the molecule is Cc1ccc(NC(=S)NC(=O)C=Cc2ccc(-c3ccc(C)c(Cl)c3)o2)c(O)c1. The highest BCUT2D eigenvalue weighted by molar-refractivity contribution is 7.80. The number of carbonyl (C=O) groups excluding carboxylic acids is 1. The molecule has 0 aliphatic heterocycles. The van der Waals surface area contributed by atoms with Crippen LogP contribution in [-0.2, 0) is 4.79 Å². The zero-order valence-corrected chi connectivity index (χ0v) is 17.4. The number of amides is 1. The fourth-order valence-corrected chi connectivity index (χ4v) is 2.95. The van der Waals surface area contributed by atoms with Crippen molar-refractivity contribution >= 4 is 46.6 Å². The number of anilines is 1. The first-order valence-corrected chi connectivity index (χ1v) is 9.56. The minimum absolute atomic E-state index is 0.0523. The van der Waals surface area contributed by atoms with E-state index < -0.39 is 5.91 Å². The Labute approximate surface area is 179 Å². The van der Waals surface area contributed by atoms with Crippen molar-refractivity contribution in [2.45, 2.75) is 13.8 Å². The molecular weight excluding hydrogens is 408 g/mol. The monoisotopic (exact) mass is 426 g/mol. The van der Waals surface area contributed by atoms with Gasteiger partial charge in [-0.2, -0.15) is 0 Å². The Morgan fingerprint density at radius 2 is 1.93 bits per heavy atom. The molecule has 1 aromatic heterocycles. The highest BCUT2D eigenvalue weighted by atomic mass is 35.5. The van der Waals surface area contributed by atoms with Gasteiger partial charge < -0.3 is 14.8 Å². The number of carbonyl (C=O) groups is 1. The van der Waals surface area contributed by atoms with E-state index in [1.807, 2.05) is 44.2 Å². The molecule has 0 spiro atoms. The molecule has 0 aliphatic carbocycles. The van der Waals surface area contributed by atoms with Crippen molar-refractivity contribution in [2.75, 3.05) is 5.32 Å². The zero-order chi connectivity index (χ0) is 21.0. The Balaban J connectivity index is 1.59. The third kappa shape index (κ3) is 5.47. The van der Waals surface area contributed by atoms with Gasteiger partial charge in [0.05, 0.1) is 5.69 Å². The Morgan fingerprint density at radius 3 is 2.66 bits per heavy atom. The molecule has 3 aromatic rings. The lowest BCUT2D eigenvalue weighted by atomic mass is 10.1.